The maximum absolute atomic E-state index is 14.5. The standard InChI is InChI=1S/C34H44FN7O7S2/c1-22-15-47-20-33(3,44)42(22)32(43)27-12-24(35)4-7-28(27)49-29-13-36-21-37-31(29)41-18-34(19-41)8-10-40(11-9-34)14-26-6-5-25(16-48-26)39-51(45,46)30-17-50-23(2)38-30/h4,7,12-13,17,21-22,25-26,39,44H,5-6,8-11,14-16,18-20H2,1-3H3/t22-,25-,26+,33+/m1/s1. The van der Waals surface area contributed by atoms with Crippen LogP contribution in [0.3, 0.4) is 0 Å². The minimum absolute atomic E-state index is 0.0178. The number of hydrogen-bond donors (Lipinski definition) is 2. The first kappa shape index (κ1) is 36.1. The summed E-state index contributed by atoms with van der Waals surface area (Å²) in [5.41, 5.74) is -1.45. The van der Waals surface area contributed by atoms with E-state index in [0.717, 1.165) is 58.1 Å². The van der Waals surface area contributed by atoms with Crippen molar-refractivity contribution in [3.05, 3.63) is 52.5 Å². The van der Waals surface area contributed by atoms with Gasteiger partial charge < -0.3 is 34.0 Å². The summed E-state index contributed by atoms with van der Waals surface area (Å²) in [6.07, 6.45) is 6.58. The van der Waals surface area contributed by atoms with Gasteiger partial charge in [-0.1, -0.05) is 0 Å². The summed E-state index contributed by atoms with van der Waals surface area (Å²) in [5, 5.41) is 13.3. The Kier molecular flexibility index (Phi) is 10.1. The predicted molar refractivity (Wildman–Crippen MR) is 186 cm³/mol. The number of hydrogen-bond acceptors (Lipinski definition) is 13. The number of thiazole rings is 1. The average Bonchev–Trinajstić information content (AvgIpc) is 3.53. The number of carbonyl (C=O) groups excluding carboxylic acids is 1. The summed E-state index contributed by atoms with van der Waals surface area (Å²) >= 11 is 1.31. The minimum atomic E-state index is -3.66. The third-order valence-electron chi connectivity index (χ3n) is 10.3. The third kappa shape index (κ3) is 7.75. The highest BCUT2D eigenvalue weighted by Crippen LogP contribution is 2.45. The molecule has 1 spiro atoms. The van der Waals surface area contributed by atoms with Gasteiger partial charge in [0.15, 0.2) is 22.3 Å². The zero-order valence-corrected chi connectivity index (χ0v) is 30.6. The molecule has 4 aliphatic rings. The average molecular weight is 746 g/mol. The lowest BCUT2D eigenvalue weighted by atomic mass is 9.72. The first-order chi connectivity index (χ1) is 24.3. The number of rotatable bonds is 9. The van der Waals surface area contributed by atoms with E-state index in [2.05, 4.69) is 29.5 Å². The van der Waals surface area contributed by atoms with E-state index >= 15 is 0 Å². The van der Waals surface area contributed by atoms with Crippen LogP contribution in [0.1, 0.15) is 54.9 Å². The second-order valence-electron chi connectivity index (χ2n) is 14.4. The second kappa shape index (κ2) is 14.2. The molecule has 6 heterocycles. The molecule has 1 aromatic carbocycles. The van der Waals surface area contributed by atoms with Crippen molar-refractivity contribution in [3.63, 3.8) is 0 Å². The number of ether oxygens (including phenoxy) is 3. The van der Waals surface area contributed by atoms with E-state index in [-0.39, 0.29) is 47.1 Å². The van der Waals surface area contributed by atoms with Crippen LogP contribution in [0.5, 0.6) is 11.5 Å². The maximum atomic E-state index is 14.5. The highest BCUT2D eigenvalue weighted by atomic mass is 32.2. The fraction of sp³-hybridized carbons (Fsp3) is 0.588. The van der Waals surface area contributed by atoms with Crippen LogP contribution in [-0.4, -0.2) is 121 Å². The molecule has 3 aromatic rings. The number of likely N-dealkylation sites (tertiary alicyclic amines) is 1. The van der Waals surface area contributed by atoms with Crippen molar-refractivity contribution in [1.82, 2.24) is 29.5 Å². The smallest absolute Gasteiger partial charge is 0.260 e. The van der Waals surface area contributed by atoms with Crippen LogP contribution in [0.4, 0.5) is 10.2 Å². The van der Waals surface area contributed by atoms with E-state index in [1.807, 2.05) is 0 Å². The Morgan fingerprint density at radius 1 is 1.20 bits per heavy atom. The number of nitrogens with one attached hydrogen (secondary N) is 1. The summed E-state index contributed by atoms with van der Waals surface area (Å²) < 4.78 is 60.4. The van der Waals surface area contributed by atoms with Gasteiger partial charge in [0.2, 0.25) is 0 Å². The van der Waals surface area contributed by atoms with Gasteiger partial charge in [0, 0.05) is 36.5 Å². The Bertz CT molecular complexity index is 1840. The van der Waals surface area contributed by atoms with E-state index < -0.39 is 33.5 Å². The molecule has 4 aliphatic heterocycles. The van der Waals surface area contributed by atoms with Gasteiger partial charge in [-0.05, 0) is 77.7 Å². The number of halogens is 1. The van der Waals surface area contributed by atoms with Crippen LogP contribution in [0.15, 0.2) is 41.1 Å². The molecule has 17 heteroatoms. The largest absolute Gasteiger partial charge is 0.451 e. The van der Waals surface area contributed by atoms with E-state index in [1.165, 1.54) is 41.6 Å². The third-order valence-corrected chi connectivity index (χ3v) is 12.6. The number of carbonyl (C=O) groups is 1. The first-order valence-corrected chi connectivity index (χ1v) is 19.6. The van der Waals surface area contributed by atoms with Crippen molar-refractivity contribution in [2.75, 3.05) is 57.4 Å². The van der Waals surface area contributed by atoms with Gasteiger partial charge >= 0.3 is 0 Å². The molecule has 0 bridgehead atoms. The molecule has 1 amide bonds. The fourth-order valence-corrected chi connectivity index (χ4v) is 9.79. The van der Waals surface area contributed by atoms with Gasteiger partial charge in [-0.15, -0.1) is 11.3 Å². The van der Waals surface area contributed by atoms with E-state index in [0.29, 0.717) is 29.6 Å². The number of anilines is 1. The lowest BCUT2D eigenvalue weighted by molar-refractivity contribution is -0.177. The fourth-order valence-electron chi connectivity index (χ4n) is 7.60. The Labute approximate surface area is 301 Å². The van der Waals surface area contributed by atoms with Crippen molar-refractivity contribution < 1.29 is 36.9 Å². The number of piperidine rings is 1. The normalized spacial score (nSPS) is 27.0. The van der Waals surface area contributed by atoms with Crippen molar-refractivity contribution in [3.8, 4) is 11.5 Å². The molecule has 0 radical (unpaired) electrons. The van der Waals surface area contributed by atoms with E-state index in [4.69, 9.17) is 14.2 Å². The van der Waals surface area contributed by atoms with Gasteiger partial charge in [-0.2, -0.15) is 0 Å². The van der Waals surface area contributed by atoms with Crippen molar-refractivity contribution in [1.29, 1.82) is 0 Å². The molecule has 7 rings (SSSR count). The number of aryl methyl sites for hydroxylation is 1. The quantitative estimate of drug-likeness (QED) is 0.330. The molecule has 0 unspecified atom stereocenters. The van der Waals surface area contributed by atoms with Crippen LogP contribution in [0, 0.1) is 18.2 Å². The van der Waals surface area contributed by atoms with E-state index in [9.17, 15) is 22.7 Å². The van der Waals surface area contributed by atoms with Crippen LogP contribution < -0.4 is 14.4 Å². The lowest BCUT2D eigenvalue weighted by Gasteiger charge is -2.54. The maximum Gasteiger partial charge on any atom is 0.260 e. The molecule has 14 nitrogen and oxygen atoms in total. The summed E-state index contributed by atoms with van der Waals surface area (Å²) in [5.74, 6) is -0.0832. The number of aliphatic hydroxyl groups is 1. The molecule has 2 N–H and O–H groups in total. The number of benzene rings is 1. The van der Waals surface area contributed by atoms with Gasteiger partial charge in [-0.3, -0.25) is 4.79 Å². The van der Waals surface area contributed by atoms with E-state index in [1.54, 1.807) is 25.4 Å². The summed E-state index contributed by atoms with van der Waals surface area (Å²) in [6, 6.07) is 3.05. The minimum Gasteiger partial charge on any atom is -0.451 e. The SMILES string of the molecule is Cc1nc(S(=O)(=O)N[C@@H]2CC[C@@H](CN3CCC4(CC3)CN(c3ncncc3Oc3ccc(F)cc3C(=O)N3[C@H](C)COC[C@]3(C)O)C4)OC2)cs1. The highest BCUT2D eigenvalue weighted by molar-refractivity contribution is 7.89. The monoisotopic (exact) mass is 745 g/mol. The first-order valence-electron chi connectivity index (χ1n) is 17.3. The van der Waals surface area contributed by atoms with Gasteiger partial charge in [0.1, 0.15) is 17.9 Å². The number of amides is 1. The summed E-state index contributed by atoms with van der Waals surface area (Å²) in [6.45, 7) is 9.82. The van der Waals surface area contributed by atoms with Crippen LogP contribution in [-0.2, 0) is 19.5 Å². The van der Waals surface area contributed by atoms with Crippen LogP contribution in [0.2, 0.25) is 0 Å². The Balaban J connectivity index is 0.925. The Hall–Kier alpha value is -3.32. The summed E-state index contributed by atoms with van der Waals surface area (Å²) in [4.78, 5) is 32.4. The lowest BCUT2D eigenvalue weighted by Crippen LogP contribution is -2.61. The molecule has 0 saturated carbocycles. The molecule has 4 atom stereocenters. The molecule has 4 fully saturated rings. The summed E-state index contributed by atoms with van der Waals surface area (Å²) in [7, 11) is -3.66. The number of sulfonamides is 1. The van der Waals surface area contributed by atoms with Crippen molar-refractivity contribution in [2.24, 2.45) is 5.41 Å². The highest BCUT2D eigenvalue weighted by Gasteiger charge is 2.47. The van der Waals surface area contributed by atoms with Crippen molar-refractivity contribution >= 4 is 33.1 Å². The number of morpholine rings is 1. The zero-order valence-electron chi connectivity index (χ0n) is 29.0. The number of nitrogens with zero attached hydrogens (tertiary/aromatic N) is 6. The topological polar surface area (TPSA) is 160 Å². The van der Waals surface area contributed by atoms with Gasteiger partial charge in [0.05, 0.1) is 48.7 Å². The molecule has 276 valence electrons. The van der Waals surface area contributed by atoms with Gasteiger partial charge in [0.25, 0.3) is 15.9 Å². The van der Waals surface area contributed by atoms with Crippen LogP contribution in [0.25, 0.3) is 0 Å². The van der Waals surface area contributed by atoms with Crippen LogP contribution >= 0.6 is 11.3 Å². The number of aromatic nitrogens is 3. The molecule has 4 saturated heterocycles. The Morgan fingerprint density at radius 3 is 2.67 bits per heavy atom. The second-order valence-corrected chi connectivity index (χ2v) is 17.1. The molecular formula is C34H44FN7O7S2. The molecule has 51 heavy (non-hydrogen) atoms. The Morgan fingerprint density at radius 2 is 1.98 bits per heavy atom. The molecule has 0 aliphatic carbocycles. The predicted octanol–water partition coefficient (Wildman–Crippen LogP) is 3.17. The van der Waals surface area contributed by atoms with Crippen molar-refractivity contribution in [2.45, 2.75) is 75.4 Å². The molecule has 2 aromatic heterocycles. The van der Waals surface area contributed by atoms with Gasteiger partial charge in [-0.25, -0.2) is 32.5 Å². The molecular weight excluding hydrogens is 702 g/mol. The zero-order chi connectivity index (χ0) is 36.0.